The van der Waals surface area contributed by atoms with Crippen LogP contribution in [0.2, 0.25) is 0 Å². The molecule has 10 heteroatoms. The molecule has 6 nitrogen and oxygen atoms in total. The van der Waals surface area contributed by atoms with E-state index in [0.717, 1.165) is 28.7 Å². The summed E-state index contributed by atoms with van der Waals surface area (Å²) in [5.41, 5.74) is -1.29. The first kappa shape index (κ1) is 23.4. The van der Waals surface area contributed by atoms with Gasteiger partial charge in [-0.25, -0.2) is 18.2 Å². The van der Waals surface area contributed by atoms with Crippen LogP contribution in [-0.2, 0) is 4.79 Å². The van der Waals surface area contributed by atoms with E-state index in [4.69, 9.17) is 4.74 Å². The molecule has 0 radical (unpaired) electrons. The Balaban J connectivity index is 1.48. The minimum atomic E-state index is -1.29. The summed E-state index contributed by atoms with van der Waals surface area (Å²) in [6.45, 7) is 4.10. The normalized spacial score (nSPS) is 15.8. The molecule has 0 saturated carbocycles. The third-order valence-electron chi connectivity index (χ3n) is 4.86. The molecule has 1 heterocycles. The average Bonchev–Trinajstić information content (AvgIpc) is 2.72. The lowest BCUT2D eigenvalue weighted by atomic mass is 10.0. The third-order valence-corrected chi connectivity index (χ3v) is 5.74. The zero-order chi connectivity index (χ0) is 22.6. The molecule has 1 amide bonds. The highest BCUT2D eigenvalue weighted by Gasteiger charge is 2.33. The fraction of sp³-hybridized carbons (Fsp3) is 0.381. The Morgan fingerprint density at radius 1 is 1.13 bits per heavy atom. The van der Waals surface area contributed by atoms with Crippen molar-refractivity contribution in [3.8, 4) is 5.75 Å². The largest absolute Gasteiger partial charge is 0.478 e. The van der Waals surface area contributed by atoms with Gasteiger partial charge in [-0.1, -0.05) is 4.58 Å². The standard InChI is InChI=1S/C21H24F3N3O3S/c1-21(2,30-16-5-8-18(23)19(24)13-16)20(28)25-15-9-11-26(12-10-15)27(29)31-17-6-3-14(22)4-7-17/h3-8,13,15,29H,9-12H2,1-2H3,(H,25,28). The number of hydrogen-bond acceptors (Lipinski definition) is 6. The molecule has 1 fully saturated rings. The highest BCUT2D eigenvalue weighted by atomic mass is 32.2. The summed E-state index contributed by atoms with van der Waals surface area (Å²) < 4.78 is 46.0. The maximum atomic E-state index is 13.4. The minimum absolute atomic E-state index is 0.0580. The van der Waals surface area contributed by atoms with Crippen LogP contribution in [0.3, 0.4) is 0 Å². The van der Waals surface area contributed by atoms with Gasteiger partial charge in [0.25, 0.3) is 5.91 Å². The van der Waals surface area contributed by atoms with Gasteiger partial charge in [0.05, 0.1) is 0 Å². The van der Waals surface area contributed by atoms with Crippen molar-refractivity contribution in [3.63, 3.8) is 0 Å². The van der Waals surface area contributed by atoms with Gasteiger partial charge in [-0.05, 0) is 63.1 Å². The smallest absolute Gasteiger partial charge is 0.263 e. The third kappa shape index (κ3) is 6.36. The van der Waals surface area contributed by atoms with Crippen LogP contribution in [-0.4, -0.2) is 45.4 Å². The molecule has 0 spiro atoms. The molecule has 2 N–H and O–H groups in total. The Kier molecular flexibility index (Phi) is 7.47. The van der Waals surface area contributed by atoms with Crippen molar-refractivity contribution in [1.82, 2.24) is 14.9 Å². The molecule has 2 aromatic carbocycles. The monoisotopic (exact) mass is 455 g/mol. The molecule has 0 aliphatic carbocycles. The van der Waals surface area contributed by atoms with Gasteiger partial charge in [-0.3, -0.25) is 10.0 Å². The molecule has 0 bridgehead atoms. The molecule has 0 aromatic heterocycles. The van der Waals surface area contributed by atoms with E-state index in [1.54, 1.807) is 31.0 Å². The molecule has 0 atom stereocenters. The minimum Gasteiger partial charge on any atom is -0.478 e. The molecular formula is C21H24F3N3O3S. The zero-order valence-corrected chi connectivity index (χ0v) is 18.0. The molecule has 1 aliphatic rings. The van der Waals surface area contributed by atoms with Crippen molar-refractivity contribution in [1.29, 1.82) is 0 Å². The summed E-state index contributed by atoms with van der Waals surface area (Å²) in [7, 11) is 0. The summed E-state index contributed by atoms with van der Waals surface area (Å²) in [4.78, 5) is 13.4. The number of hydrazine groups is 1. The predicted octanol–water partition coefficient (Wildman–Crippen LogP) is 4.16. The Morgan fingerprint density at radius 3 is 2.39 bits per heavy atom. The number of nitrogens with zero attached hydrogens (tertiary/aromatic N) is 2. The summed E-state index contributed by atoms with van der Waals surface area (Å²) in [6, 6.07) is 8.78. The highest BCUT2D eigenvalue weighted by Crippen LogP contribution is 2.26. The molecule has 1 aliphatic heterocycles. The van der Waals surface area contributed by atoms with Crippen LogP contribution in [0.15, 0.2) is 47.4 Å². The van der Waals surface area contributed by atoms with Crippen LogP contribution in [0.1, 0.15) is 26.7 Å². The molecule has 0 unspecified atom stereocenters. The lowest BCUT2D eigenvalue weighted by molar-refractivity contribution is -0.167. The van der Waals surface area contributed by atoms with E-state index in [0.29, 0.717) is 30.8 Å². The van der Waals surface area contributed by atoms with E-state index >= 15 is 0 Å². The number of hydrogen-bond donors (Lipinski definition) is 2. The molecule has 3 rings (SSSR count). The van der Waals surface area contributed by atoms with Crippen molar-refractivity contribution in [2.45, 2.75) is 43.2 Å². The van der Waals surface area contributed by atoms with Gasteiger partial charge in [-0.15, -0.1) is 0 Å². The highest BCUT2D eigenvalue weighted by molar-refractivity contribution is 7.96. The first-order valence-electron chi connectivity index (χ1n) is 9.76. The molecule has 1 saturated heterocycles. The summed E-state index contributed by atoms with van der Waals surface area (Å²) in [5, 5.41) is 14.9. The number of ether oxygens (including phenoxy) is 1. The maximum Gasteiger partial charge on any atom is 0.263 e. The van der Waals surface area contributed by atoms with Gasteiger partial charge in [0, 0.05) is 42.0 Å². The fourth-order valence-electron chi connectivity index (χ4n) is 3.07. The van der Waals surface area contributed by atoms with Gasteiger partial charge >= 0.3 is 0 Å². The van der Waals surface area contributed by atoms with E-state index in [1.165, 1.54) is 18.2 Å². The Morgan fingerprint density at radius 2 is 1.77 bits per heavy atom. The van der Waals surface area contributed by atoms with Crippen molar-refractivity contribution in [3.05, 3.63) is 59.9 Å². The van der Waals surface area contributed by atoms with E-state index < -0.39 is 17.2 Å². The van der Waals surface area contributed by atoms with Crippen LogP contribution < -0.4 is 10.1 Å². The molecule has 168 valence electrons. The summed E-state index contributed by atoms with van der Waals surface area (Å²) in [6.07, 6.45) is 1.18. The molecule has 31 heavy (non-hydrogen) atoms. The van der Waals surface area contributed by atoms with Gasteiger partial charge in [0.2, 0.25) is 0 Å². The van der Waals surface area contributed by atoms with E-state index in [9.17, 15) is 23.2 Å². The maximum absolute atomic E-state index is 13.4. The number of piperidine rings is 1. The first-order chi connectivity index (χ1) is 14.6. The van der Waals surface area contributed by atoms with Crippen LogP contribution in [0.4, 0.5) is 13.2 Å². The average molecular weight is 456 g/mol. The van der Waals surface area contributed by atoms with Crippen LogP contribution in [0, 0.1) is 17.5 Å². The Hall–Kier alpha value is -2.27. The van der Waals surface area contributed by atoms with Gasteiger partial charge in [0.1, 0.15) is 11.6 Å². The lowest BCUT2D eigenvalue weighted by Gasteiger charge is -2.36. The lowest BCUT2D eigenvalue weighted by Crippen LogP contribution is -2.53. The van der Waals surface area contributed by atoms with Crippen LogP contribution in [0.25, 0.3) is 0 Å². The fourth-order valence-corrected chi connectivity index (χ4v) is 3.79. The quantitative estimate of drug-likeness (QED) is 0.483. The SMILES string of the molecule is CC(C)(Oc1ccc(F)c(F)c1)C(=O)NC1CCN(N(O)Sc2ccc(F)cc2)CC1. The van der Waals surface area contributed by atoms with Gasteiger partial charge in [-0.2, -0.15) is 0 Å². The second-order valence-electron chi connectivity index (χ2n) is 7.69. The van der Waals surface area contributed by atoms with Gasteiger partial charge < -0.3 is 10.1 Å². The number of carbonyl (C=O) groups is 1. The number of amides is 1. The number of rotatable bonds is 7. The van der Waals surface area contributed by atoms with E-state index in [1.807, 2.05) is 0 Å². The van der Waals surface area contributed by atoms with E-state index in [-0.39, 0.29) is 23.5 Å². The Labute approximate surface area is 183 Å². The zero-order valence-electron chi connectivity index (χ0n) is 17.1. The summed E-state index contributed by atoms with van der Waals surface area (Å²) >= 11 is 1.07. The van der Waals surface area contributed by atoms with Crippen LogP contribution >= 0.6 is 11.9 Å². The van der Waals surface area contributed by atoms with Crippen molar-refractivity contribution >= 4 is 17.9 Å². The van der Waals surface area contributed by atoms with Crippen molar-refractivity contribution < 1.29 is 27.9 Å². The summed E-state index contributed by atoms with van der Waals surface area (Å²) in [5.74, 6) is -2.70. The second-order valence-corrected chi connectivity index (χ2v) is 8.67. The topological polar surface area (TPSA) is 65.0 Å². The Bertz CT molecular complexity index is 906. The van der Waals surface area contributed by atoms with E-state index in [2.05, 4.69) is 5.32 Å². The first-order valence-corrected chi connectivity index (χ1v) is 10.5. The van der Waals surface area contributed by atoms with Crippen LogP contribution in [0.5, 0.6) is 5.75 Å². The number of halogens is 3. The van der Waals surface area contributed by atoms with Gasteiger partial charge in [0.15, 0.2) is 17.2 Å². The molecule has 2 aromatic rings. The number of nitrogens with one attached hydrogen (secondary N) is 1. The number of benzene rings is 2. The molecular weight excluding hydrogens is 431 g/mol. The number of carbonyl (C=O) groups excluding carboxylic acids is 1. The van der Waals surface area contributed by atoms with Crippen molar-refractivity contribution in [2.24, 2.45) is 0 Å². The second kappa shape index (κ2) is 9.90. The van der Waals surface area contributed by atoms with Crippen molar-refractivity contribution in [2.75, 3.05) is 13.1 Å². The predicted molar refractivity (Wildman–Crippen MR) is 110 cm³/mol.